The van der Waals surface area contributed by atoms with Crippen LogP contribution in [0.2, 0.25) is 0 Å². The van der Waals surface area contributed by atoms with Gasteiger partial charge in [-0.3, -0.25) is 9.58 Å². The Balaban J connectivity index is 1.82. The molecule has 0 atom stereocenters. The molecular formula is C17H30N4. The van der Waals surface area contributed by atoms with Crippen LogP contribution in [0.5, 0.6) is 0 Å². The van der Waals surface area contributed by atoms with E-state index in [2.05, 4.69) is 35.4 Å². The number of piperazine rings is 1. The SMILES string of the molecule is CCC1(CC)CNC2(CCCC2)CN1Cc1cnn(C)c1. The quantitative estimate of drug-likeness (QED) is 0.925. The maximum Gasteiger partial charge on any atom is 0.0534 e. The van der Waals surface area contributed by atoms with Crippen molar-refractivity contribution in [3.05, 3.63) is 18.0 Å². The number of aromatic nitrogens is 2. The van der Waals surface area contributed by atoms with Crippen LogP contribution in [0, 0.1) is 0 Å². The Morgan fingerprint density at radius 1 is 1.24 bits per heavy atom. The molecule has 2 aliphatic rings. The summed E-state index contributed by atoms with van der Waals surface area (Å²) in [5.74, 6) is 0. The van der Waals surface area contributed by atoms with Crippen molar-refractivity contribution in [1.82, 2.24) is 20.0 Å². The van der Waals surface area contributed by atoms with Gasteiger partial charge < -0.3 is 5.32 Å². The zero-order valence-electron chi connectivity index (χ0n) is 13.9. The van der Waals surface area contributed by atoms with Crippen molar-refractivity contribution < 1.29 is 0 Å². The zero-order valence-corrected chi connectivity index (χ0v) is 13.9. The van der Waals surface area contributed by atoms with Crippen LogP contribution >= 0.6 is 0 Å². The topological polar surface area (TPSA) is 33.1 Å². The highest BCUT2D eigenvalue weighted by molar-refractivity contribution is 5.11. The summed E-state index contributed by atoms with van der Waals surface area (Å²) in [5, 5.41) is 8.29. The zero-order chi connectivity index (χ0) is 14.9. The van der Waals surface area contributed by atoms with Crippen molar-refractivity contribution in [3.63, 3.8) is 0 Å². The molecule has 4 nitrogen and oxygen atoms in total. The summed E-state index contributed by atoms with van der Waals surface area (Å²) in [5.41, 5.74) is 2.04. The molecule has 1 aromatic heterocycles. The molecule has 1 saturated carbocycles. The van der Waals surface area contributed by atoms with Crippen molar-refractivity contribution in [3.8, 4) is 0 Å². The van der Waals surface area contributed by atoms with Crippen LogP contribution in [-0.2, 0) is 13.6 Å². The molecule has 2 fully saturated rings. The monoisotopic (exact) mass is 290 g/mol. The standard InChI is InChI=1S/C17H30N4/c1-4-17(5-2)13-18-16(8-6-7-9-16)14-21(17)12-15-10-19-20(3)11-15/h10-11,18H,4-9,12-14H2,1-3H3. The Morgan fingerprint density at radius 2 is 1.95 bits per heavy atom. The van der Waals surface area contributed by atoms with Crippen molar-refractivity contribution >= 4 is 0 Å². The number of nitrogens with one attached hydrogen (secondary N) is 1. The highest BCUT2D eigenvalue weighted by Gasteiger charge is 2.46. The minimum absolute atomic E-state index is 0.309. The predicted octanol–water partition coefficient (Wildman–Crippen LogP) is 2.70. The molecular weight excluding hydrogens is 260 g/mol. The largest absolute Gasteiger partial charge is 0.308 e. The van der Waals surface area contributed by atoms with Crippen molar-refractivity contribution in [2.24, 2.45) is 7.05 Å². The van der Waals surface area contributed by atoms with Gasteiger partial charge in [-0.05, 0) is 25.7 Å². The lowest BCUT2D eigenvalue weighted by Gasteiger charge is -2.53. The van der Waals surface area contributed by atoms with Gasteiger partial charge in [-0.25, -0.2) is 0 Å². The Hall–Kier alpha value is -0.870. The molecule has 3 rings (SSSR count). The second kappa shape index (κ2) is 5.73. The lowest BCUT2D eigenvalue weighted by atomic mass is 9.82. The van der Waals surface area contributed by atoms with Gasteiger partial charge in [-0.2, -0.15) is 5.10 Å². The van der Waals surface area contributed by atoms with Gasteiger partial charge in [0.25, 0.3) is 0 Å². The van der Waals surface area contributed by atoms with Crippen LogP contribution in [0.3, 0.4) is 0 Å². The van der Waals surface area contributed by atoms with Crippen molar-refractivity contribution in [1.29, 1.82) is 0 Å². The number of hydrogen-bond donors (Lipinski definition) is 1. The highest BCUT2D eigenvalue weighted by Crippen LogP contribution is 2.38. The molecule has 21 heavy (non-hydrogen) atoms. The molecule has 1 spiro atoms. The molecule has 0 aromatic carbocycles. The Morgan fingerprint density at radius 3 is 2.52 bits per heavy atom. The molecule has 118 valence electrons. The van der Waals surface area contributed by atoms with Gasteiger partial charge in [0.05, 0.1) is 6.20 Å². The summed E-state index contributed by atoms with van der Waals surface area (Å²) in [6.07, 6.45) is 12.1. The molecule has 0 bridgehead atoms. The summed E-state index contributed by atoms with van der Waals surface area (Å²) in [6, 6.07) is 0. The normalized spacial score (nSPS) is 24.7. The molecule has 0 amide bonds. The maximum atomic E-state index is 4.34. The van der Waals surface area contributed by atoms with Gasteiger partial charge in [-0.15, -0.1) is 0 Å². The van der Waals surface area contributed by atoms with Gasteiger partial charge in [0.1, 0.15) is 0 Å². The fourth-order valence-electron chi connectivity index (χ4n) is 4.38. The predicted molar refractivity (Wildman–Crippen MR) is 86.1 cm³/mol. The van der Waals surface area contributed by atoms with E-state index in [1.807, 2.05) is 17.9 Å². The van der Waals surface area contributed by atoms with E-state index in [9.17, 15) is 0 Å². The van der Waals surface area contributed by atoms with Gasteiger partial charge in [0.2, 0.25) is 0 Å². The van der Waals surface area contributed by atoms with E-state index in [0.29, 0.717) is 11.1 Å². The Bertz CT molecular complexity index is 469. The Kier molecular flexibility index (Phi) is 4.10. The first-order valence-electron chi connectivity index (χ1n) is 8.59. The average Bonchev–Trinajstić information content (AvgIpc) is 3.10. The molecule has 2 heterocycles. The van der Waals surface area contributed by atoms with Gasteiger partial charge in [-0.1, -0.05) is 26.7 Å². The van der Waals surface area contributed by atoms with Crippen LogP contribution in [0.1, 0.15) is 57.9 Å². The van der Waals surface area contributed by atoms with E-state index in [1.54, 1.807) is 0 Å². The van der Waals surface area contributed by atoms with E-state index in [-0.39, 0.29) is 0 Å². The summed E-state index contributed by atoms with van der Waals surface area (Å²) >= 11 is 0. The minimum Gasteiger partial charge on any atom is -0.308 e. The molecule has 1 aromatic rings. The fourth-order valence-corrected chi connectivity index (χ4v) is 4.38. The average molecular weight is 290 g/mol. The van der Waals surface area contributed by atoms with Crippen LogP contribution < -0.4 is 5.32 Å². The minimum atomic E-state index is 0.309. The van der Waals surface area contributed by atoms with Crippen molar-refractivity contribution in [2.45, 2.75) is 70.0 Å². The first-order valence-corrected chi connectivity index (χ1v) is 8.59. The fraction of sp³-hybridized carbons (Fsp3) is 0.824. The van der Waals surface area contributed by atoms with Gasteiger partial charge in [0.15, 0.2) is 0 Å². The molecule has 1 aliphatic carbocycles. The van der Waals surface area contributed by atoms with E-state index in [0.717, 1.165) is 13.1 Å². The molecule has 4 heteroatoms. The second-order valence-corrected chi connectivity index (χ2v) is 7.15. The first-order chi connectivity index (χ1) is 10.1. The van der Waals surface area contributed by atoms with E-state index in [1.165, 1.54) is 50.6 Å². The van der Waals surface area contributed by atoms with Crippen LogP contribution in [0.25, 0.3) is 0 Å². The molecule has 0 radical (unpaired) electrons. The first kappa shape index (κ1) is 15.0. The number of hydrogen-bond acceptors (Lipinski definition) is 3. The van der Waals surface area contributed by atoms with E-state index < -0.39 is 0 Å². The van der Waals surface area contributed by atoms with Crippen molar-refractivity contribution in [2.75, 3.05) is 13.1 Å². The third kappa shape index (κ3) is 2.76. The molecule has 1 saturated heterocycles. The third-order valence-electron chi connectivity index (χ3n) is 5.97. The van der Waals surface area contributed by atoms with Crippen LogP contribution in [0.15, 0.2) is 12.4 Å². The van der Waals surface area contributed by atoms with E-state index >= 15 is 0 Å². The number of aryl methyl sites for hydroxylation is 1. The smallest absolute Gasteiger partial charge is 0.0534 e. The molecule has 1 N–H and O–H groups in total. The van der Waals surface area contributed by atoms with Gasteiger partial charge >= 0.3 is 0 Å². The Labute approximate surface area is 128 Å². The lowest BCUT2D eigenvalue weighted by molar-refractivity contribution is -0.00651. The van der Waals surface area contributed by atoms with Crippen LogP contribution in [-0.4, -0.2) is 38.8 Å². The summed E-state index contributed by atoms with van der Waals surface area (Å²) < 4.78 is 1.92. The summed E-state index contributed by atoms with van der Waals surface area (Å²) in [6.45, 7) is 8.06. The van der Waals surface area contributed by atoms with Gasteiger partial charge in [0, 0.05) is 49.5 Å². The summed E-state index contributed by atoms with van der Waals surface area (Å²) in [4.78, 5) is 2.76. The third-order valence-corrected chi connectivity index (χ3v) is 5.97. The summed E-state index contributed by atoms with van der Waals surface area (Å²) in [7, 11) is 2.01. The van der Waals surface area contributed by atoms with E-state index in [4.69, 9.17) is 0 Å². The molecule has 0 unspecified atom stereocenters. The number of rotatable bonds is 4. The second-order valence-electron chi connectivity index (χ2n) is 7.15. The highest BCUT2D eigenvalue weighted by atomic mass is 15.3. The van der Waals surface area contributed by atoms with Crippen LogP contribution in [0.4, 0.5) is 0 Å². The molecule has 1 aliphatic heterocycles. The maximum absolute atomic E-state index is 4.34. The number of nitrogens with zero attached hydrogens (tertiary/aromatic N) is 3. The lowest BCUT2D eigenvalue weighted by Crippen LogP contribution is -2.68.